The van der Waals surface area contributed by atoms with Crippen LogP contribution in [-0.2, 0) is 27.4 Å². The molecule has 2 fully saturated rings. The van der Waals surface area contributed by atoms with Crippen LogP contribution >= 0.6 is 11.6 Å². The van der Waals surface area contributed by atoms with Crippen molar-refractivity contribution in [3.8, 4) is 0 Å². The van der Waals surface area contributed by atoms with Crippen LogP contribution in [0.15, 0.2) is 18.3 Å². The summed E-state index contributed by atoms with van der Waals surface area (Å²) in [6, 6.07) is 1.29. The van der Waals surface area contributed by atoms with E-state index in [-0.39, 0.29) is 59.4 Å². The number of nitrogens with one attached hydrogen (secondary N) is 2. The predicted octanol–water partition coefficient (Wildman–Crippen LogP) is 3.00. The fourth-order valence-corrected chi connectivity index (χ4v) is 5.12. The highest BCUT2D eigenvalue weighted by molar-refractivity contribution is 6.32. The molecule has 37 heavy (non-hydrogen) atoms. The molecule has 2 aromatic rings. The molecule has 3 aliphatic rings. The first-order chi connectivity index (χ1) is 17.6. The third kappa shape index (κ3) is 4.63. The van der Waals surface area contributed by atoms with Crippen molar-refractivity contribution in [3.63, 3.8) is 0 Å². The molecule has 1 aliphatic carbocycles. The number of hydrogen-bond donors (Lipinski definition) is 2. The van der Waals surface area contributed by atoms with E-state index in [1.807, 2.05) is 0 Å². The highest BCUT2D eigenvalue weighted by Crippen LogP contribution is 2.37. The number of amides is 4. The minimum atomic E-state index is -2.66. The molecule has 0 radical (unpaired) electrons. The molecule has 1 saturated heterocycles. The SMILES string of the molecule is O=C1CC[C@@H](N2Cc3c(Cl)cc(CNC(=O)OC4CC(n5nccc5C(F)F)C4)c(F)c3C2=O)C(=O)N1. The topological polar surface area (TPSA) is 123 Å². The van der Waals surface area contributed by atoms with Crippen LogP contribution in [0, 0.1) is 5.82 Å². The zero-order valence-corrected chi connectivity index (χ0v) is 19.9. The summed E-state index contributed by atoms with van der Waals surface area (Å²) in [7, 11) is 0. The summed E-state index contributed by atoms with van der Waals surface area (Å²) in [5.41, 5.74) is -0.313. The second-order valence-electron chi connectivity index (χ2n) is 9.09. The van der Waals surface area contributed by atoms with E-state index in [0.29, 0.717) is 12.8 Å². The van der Waals surface area contributed by atoms with Gasteiger partial charge in [-0.15, -0.1) is 0 Å². The van der Waals surface area contributed by atoms with Gasteiger partial charge in [0.1, 0.15) is 23.7 Å². The molecule has 1 aromatic heterocycles. The molecule has 3 heterocycles. The number of carbonyl (C=O) groups excluding carboxylic acids is 4. The Morgan fingerprint density at radius 1 is 1.30 bits per heavy atom. The largest absolute Gasteiger partial charge is 0.446 e. The number of piperidine rings is 1. The molecule has 14 heteroatoms. The molecule has 1 saturated carbocycles. The summed E-state index contributed by atoms with van der Waals surface area (Å²) in [6.07, 6.45) is -1.95. The van der Waals surface area contributed by atoms with E-state index in [0.717, 1.165) is 0 Å². The summed E-state index contributed by atoms with van der Waals surface area (Å²) in [5.74, 6) is -2.67. The Bertz CT molecular complexity index is 1300. The first kappa shape index (κ1) is 25.1. The van der Waals surface area contributed by atoms with Gasteiger partial charge in [-0.25, -0.2) is 18.0 Å². The van der Waals surface area contributed by atoms with Crippen molar-refractivity contribution in [3.05, 3.63) is 51.6 Å². The Morgan fingerprint density at radius 3 is 2.76 bits per heavy atom. The zero-order valence-electron chi connectivity index (χ0n) is 19.2. The van der Waals surface area contributed by atoms with Crippen LogP contribution in [0.5, 0.6) is 0 Å². The molecule has 196 valence electrons. The molecule has 1 atom stereocenters. The van der Waals surface area contributed by atoms with Crippen LogP contribution in [0.4, 0.5) is 18.0 Å². The lowest BCUT2D eigenvalue weighted by molar-refractivity contribution is -0.136. The monoisotopic (exact) mass is 539 g/mol. The summed E-state index contributed by atoms with van der Waals surface area (Å²) >= 11 is 6.30. The van der Waals surface area contributed by atoms with Gasteiger partial charge in [-0.1, -0.05) is 11.6 Å². The third-order valence-electron chi connectivity index (χ3n) is 6.82. The smallest absolute Gasteiger partial charge is 0.407 e. The maximum absolute atomic E-state index is 15.3. The fourth-order valence-electron chi connectivity index (χ4n) is 4.84. The van der Waals surface area contributed by atoms with E-state index in [4.69, 9.17) is 16.3 Å². The van der Waals surface area contributed by atoms with Crippen molar-refractivity contribution in [2.75, 3.05) is 0 Å². The average molecular weight is 540 g/mol. The highest BCUT2D eigenvalue weighted by atomic mass is 35.5. The Morgan fingerprint density at radius 2 is 2.05 bits per heavy atom. The maximum atomic E-state index is 15.3. The van der Waals surface area contributed by atoms with Crippen molar-refractivity contribution in [1.82, 2.24) is 25.3 Å². The molecule has 4 amide bonds. The molecule has 10 nitrogen and oxygen atoms in total. The van der Waals surface area contributed by atoms with Crippen LogP contribution in [-0.4, -0.2) is 50.6 Å². The third-order valence-corrected chi connectivity index (χ3v) is 7.16. The number of carbonyl (C=O) groups is 4. The Labute approximate surface area is 213 Å². The minimum absolute atomic E-state index is 0.0521. The summed E-state index contributed by atoms with van der Waals surface area (Å²) in [6.45, 7) is -0.410. The van der Waals surface area contributed by atoms with E-state index in [2.05, 4.69) is 15.7 Å². The van der Waals surface area contributed by atoms with Gasteiger partial charge in [0, 0.05) is 54.7 Å². The standard InChI is InChI=1S/C23H21ClF3N5O5/c24-14-5-10(8-28-23(36)37-12-6-11(7-12)32-15(20(26)27)3-4-29-32)19(25)18-13(14)9-31(22(18)35)16-1-2-17(33)30-21(16)34/h3-5,11-12,16,20H,1-2,6-9H2,(H,28,36)(H,30,33,34)/t11?,12?,16-/m1/s1. The molecular weight excluding hydrogens is 519 g/mol. The van der Waals surface area contributed by atoms with Crippen LogP contribution in [0.3, 0.4) is 0 Å². The molecule has 0 unspecified atom stereocenters. The maximum Gasteiger partial charge on any atom is 0.407 e. The molecular formula is C23H21ClF3N5O5. The Kier molecular flexibility index (Phi) is 6.56. The zero-order chi connectivity index (χ0) is 26.4. The number of aromatic nitrogens is 2. The van der Waals surface area contributed by atoms with Gasteiger partial charge in [-0.2, -0.15) is 5.10 Å². The quantitative estimate of drug-likeness (QED) is 0.544. The second-order valence-corrected chi connectivity index (χ2v) is 9.50. The summed E-state index contributed by atoms with van der Waals surface area (Å²) < 4.78 is 47.8. The summed E-state index contributed by atoms with van der Waals surface area (Å²) in [5, 5.41) is 8.58. The average Bonchev–Trinajstić information content (AvgIpc) is 3.43. The number of imide groups is 1. The van der Waals surface area contributed by atoms with Crippen molar-refractivity contribution in [2.24, 2.45) is 0 Å². The normalized spacial score (nSPS) is 23.1. The summed E-state index contributed by atoms with van der Waals surface area (Å²) in [4.78, 5) is 50.0. The lowest BCUT2D eigenvalue weighted by Crippen LogP contribution is -2.52. The lowest BCUT2D eigenvalue weighted by Gasteiger charge is -2.35. The van der Waals surface area contributed by atoms with Gasteiger partial charge in [0.25, 0.3) is 12.3 Å². The number of alkyl carbamates (subject to hydrolysis) is 1. The van der Waals surface area contributed by atoms with Crippen LogP contribution in [0.1, 0.15) is 65.3 Å². The van der Waals surface area contributed by atoms with E-state index < -0.39 is 48.2 Å². The van der Waals surface area contributed by atoms with Crippen molar-refractivity contribution in [2.45, 2.75) is 63.4 Å². The number of nitrogens with zero attached hydrogens (tertiary/aromatic N) is 3. The van der Waals surface area contributed by atoms with E-state index in [9.17, 15) is 28.0 Å². The van der Waals surface area contributed by atoms with Crippen LogP contribution in [0.2, 0.25) is 5.02 Å². The molecule has 0 spiro atoms. The van der Waals surface area contributed by atoms with E-state index in [1.165, 1.54) is 27.9 Å². The highest BCUT2D eigenvalue weighted by Gasteiger charge is 2.42. The number of benzene rings is 1. The first-order valence-corrected chi connectivity index (χ1v) is 11.9. The molecule has 2 N–H and O–H groups in total. The van der Waals surface area contributed by atoms with Gasteiger partial charge < -0.3 is 15.0 Å². The van der Waals surface area contributed by atoms with E-state index >= 15 is 4.39 Å². The number of fused-ring (bicyclic) bond motifs is 1. The predicted molar refractivity (Wildman–Crippen MR) is 120 cm³/mol. The fraction of sp³-hybridized carbons (Fsp3) is 0.435. The van der Waals surface area contributed by atoms with Crippen molar-refractivity contribution >= 4 is 35.4 Å². The van der Waals surface area contributed by atoms with Gasteiger partial charge in [0.2, 0.25) is 11.8 Å². The van der Waals surface area contributed by atoms with Gasteiger partial charge >= 0.3 is 6.09 Å². The van der Waals surface area contributed by atoms with Crippen molar-refractivity contribution in [1.29, 1.82) is 0 Å². The number of hydrogen-bond acceptors (Lipinski definition) is 6. The Balaban J connectivity index is 1.19. The van der Waals surface area contributed by atoms with Gasteiger partial charge in [0.05, 0.1) is 11.6 Å². The molecule has 2 aliphatic heterocycles. The second kappa shape index (κ2) is 9.69. The number of rotatable bonds is 6. The molecule has 1 aromatic carbocycles. The number of halogens is 4. The molecule has 0 bridgehead atoms. The van der Waals surface area contributed by atoms with Gasteiger partial charge in [-0.05, 0) is 18.6 Å². The number of alkyl halides is 2. The van der Waals surface area contributed by atoms with Crippen molar-refractivity contribution < 1.29 is 37.1 Å². The lowest BCUT2D eigenvalue weighted by atomic mass is 9.89. The van der Waals surface area contributed by atoms with Gasteiger partial charge in [0.15, 0.2) is 0 Å². The molecule has 5 rings (SSSR count). The van der Waals surface area contributed by atoms with E-state index in [1.54, 1.807) is 0 Å². The van der Waals surface area contributed by atoms with Crippen LogP contribution in [0.25, 0.3) is 0 Å². The minimum Gasteiger partial charge on any atom is -0.446 e. The Hall–Kier alpha value is -3.61. The first-order valence-electron chi connectivity index (χ1n) is 11.5. The number of ether oxygens (including phenoxy) is 1. The van der Waals surface area contributed by atoms with Gasteiger partial charge in [-0.3, -0.25) is 24.4 Å². The van der Waals surface area contributed by atoms with Crippen LogP contribution < -0.4 is 10.6 Å².